The highest BCUT2D eigenvalue weighted by atomic mass is 32.1. The molecule has 0 aliphatic carbocycles. The Balaban J connectivity index is 1.43. The molecule has 29 heavy (non-hydrogen) atoms. The lowest BCUT2D eigenvalue weighted by Crippen LogP contribution is -2.25. The van der Waals surface area contributed by atoms with Gasteiger partial charge in [-0.2, -0.15) is 0 Å². The first kappa shape index (κ1) is 20.9. The van der Waals surface area contributed by atoms with Crippen molar-refractivity contribution in [2.75, 3.05) is 20.8 Å². The number of hydrogen-bond donors (Lipinski definition) is 1. The first-order valence-corrected chi connectivity index (χ1v) is 10.5. The van der Waals surface area contributed by atoms with Gasteiger partial charge in [-0.05, 0) is 43.0 Å². The lowest BCUT2D eigenvalue weighted by molar-refractivity contribution is -0.121. The summed E-state index contributed by atoms with van der Waals surface area (Å²) in [6.07, 6.45) is 1.91. The molecule has 1 N–H and O–H groups in total. The summed E-state index contributed by atoms with van der Waals surface area (Å²) < 4.78 is 10.5. The molecule has 0 saturated heterocycles. The number of benzene rings is 2. The van der Waals surface area contributed by atoms with Gasteiger partial charge in [-0.1, -0.05) is 30.3 Å². The lowest BCUT2D eigenvalue weighted by Gasteiger charge is -2.10. The van der Waals surface area contributed by atoms with Crippen molar-refractivity contribution in [3.05, 3.63) is 64.0 Å². The molecule has 0 unspecified atom stereocenters. The van der Waals surface area contributed by atoms with Crippen molar-refractivity contribution in [3.8, 4) is 22.8 Å². The van der Waals surface area contributed by atoms with Crippen molar-refractivity contribution in [2.45, 2.75) is 26.2 Å². The molecular formula is C23H26N2O3S. The highest BCUT2D eigenvalue weighted by Gasteiger charge is 2.07. The van der Waals surface area contributed by atoms with E-state index in [1.807, 2.05) is 25.1 Å². The Labute approximate surface area is 175 Å². The highest BCUT2D eigenvalue weighted by Crippen LogP contribution is 2.28. The fourth-order valence-electron chi connectivity index (χ4n) is 3.07. The molecule has 152 valence electrons. The number of nitrogens with zero attached hydrogens (tertiary/aromatic N) is 1. The molecule has 0 saturated carbocycles. The van der Waals surface area contributed by atoms with Crippen LogP contribution in [0.4, 0.5) is 0 Å². The van der Waals surface area contributed by atoms with Gasteiger partial charge in [-0.3, -0.25) is 4.79 Å². The fourth-order valence-corrected chi connectivity index (χ4v) is 3.69. The van der Waals surface area contributed by atoms with Crippen LogP contribution in [-0.2, 0) is 17.6 Å². The molecule has 1 aromatic heterocycles. The average Bonchev–Trinajstić information content (AvgIpc) is 3.18. The third-order valence-electron chi connectivity index (χ3n) is 4.69. The Morgan fingerprint density at radius 2 is 1.72 bits per heavy atom. The number of hydrogen-bond acceptors (Lipinski definition) is 5. The number of thiazole rings is 1. The third kappa shape index (κ3) is 5.81. The van der Waals surface area contributed by atoms with E-state index in [4.69, 9.17) is 9.47 Å². The smallest absolute Gasteiger partial charge is 0.220 e. The van der Waals surface area contributed by atoms with E-state index in [2.05, 4.69) is 39.9 Å². The Hall–Kier alpha value is -2.86. The van der Waals surface area contributed by atoms with Gasteiger partial charge in [0.2, 0.25) is 5.91 Å². The molecule has 0 bridgehead atoms. The predicted octanol–water partition coefficient (Wildman–Crippen LogP) is 4.43. The molecule has 0 aliphatic heterocycles. The van der Waals surface area contributed by atoms with Crippen molar-refractivity contribution in [1.82, 2.24) is 10.3 Å². The van der Waals surface area contributed by atoms with Crippen molar-refractivity contribution in [2.24, 2.45) is 0 Å². The quantitative estimate of drug-likeness (QED) is 0.567. The summed E-state index contributed by atoms with van der Waals surface area (Å²) in [4.78, 5) is 16.7. The van der Waals surface area contributed by atoms with Crippen molar-refractivity contribution >= 4 is 17.2 Å². The molecular weight excluding hydrogens is 384 g/mol. The minimum absolute atomic E-state index is 0.0503. The van der Waals surface area contributed by atoms with Crippen LogP contribution in [0, 0.1) is 6.92 Å². The molecule has 6 heteroatoms. The van der Waals surface area contributed by atoms with Crippen LogP contribution >= 0.6 is 11.3 Å². The third-order valence-corrected chi connectivity index (χ3v) is 5.47. The molecule has 5 nitrogen and oxygen atoms in total. The number of nitrogens with one attached hydrogen (secondary N) is 1. The van der Waals surface area contributed by atoms with Crippen molar-refractivity contribution in [3.63, 3.8) is 0 Å². The van der Waals surface area contributed by atoms with Gasteiger partial charge >= 0.3 is 0 Å². The molecule has 3 aromatic rings. The number of aromatic nitrogens is 1. The molecule has 0 spiro atoms. The van der Waals surface area contributed by atoms with Gasteiger partial charge in [0, 0.05) is 23.9 Å². The van der Waals surface area contributed by atoms with E-state index in [0.29, 0.717) is 30.9 Å². The monoisotopic (exact) mass is 410 g/mol. The Bertz CT molecular complexity index is 951. The summed E-state index contributed by atoms with van der Waals surface area (Å²) in [6.45, 7) is 2.64. The van der Waals surface area contributed by atoms with E-state index in [1.165, 1.54) is 5.56 Å². The molecule has 3 rings (SSSR count). The zero-order valence-electron chi connectivity index (χ0n) is 17.0. The van der Waals surface area contributed by atoms with Gasteiger partial charge in [-0.15, -0.1) is 11.3 Å². The summed E-state index contributed by atoms with van der Waals surface area (Å²) in [5.41, 5.74) is 4.38. The van der Waals surface area contributed by atoms with Crippen LogP contribution in [0.5, 0.6) is 11.5 Å². The van der Waals surface area contributed by atoms with E-state index in [9.17, 15) is 4.79 Å². The number of carbonyl (C=O) groups excluding carboxylic acids is 1. The van der Waals surface area contributed by atoms with Crippen LogP contribution < -0.4 is 14.8 Å². The molecule has 1 amide bonds. The van der Waals surface area contributed by atoms with Gasteiger partial charge in [0.15, 0.2) is 11.5 Å². The van der Waals surface area contributed by atoms with E-state index in [0.717, 1.165) is 28.2 Å². The molecule has 1 heterocycles. The van der Waals surface area contributed by atoms with Crippen LogP contribution in [0.3, 0.4) is 0 Å². The van der Waals surface area contributed by atoms with E-state index < -0.39 is 0 Å². The zero-order valence-corrected chi connectivity index (χ0v) is 17.8. The van der Waals surface area contributed by atoms with E-state index in [1.54, 1.807) is 25.6 Å². The van der Waals surface area contributed by atoms with Gasteiger partial charge in [-0.25, -0.2) is 4.98 Å². The maximum absolute atomic E-state index is 12.2. The zero-order chi connectivity index (χ0) is 20.6. The topological polar surface area (TPSA) is 60.5 Å². The van der Waals surface area contributed by atoms with Crippen LogP contribution in [-0.4, -0.2) is 31.7 Å². The molecule has 2 aromatic carbocycles. The molecule has 0 radical (unpaired) electrons. The minimum atomic E-state index is 0.0503. The summed E-state index contributed by atoms with van der Waals surface area (Å²) in [5.74, 6) is 1.42. The van der Waals surface area contributed by atoms with Gasteiger partial charge in [0.25, 0.3) is 0 Å². The Morgan fingerprint density at radius 1 is 1.00 bits per heavy atom. The second-order valence-corrected chi connectivity index (χ2v) is 7.80. The predicted molar refractivity (Wildman–Crippen MR) is 117 cm³/mol. The maximum atomic E-state index is 12.2. The van der Waals surface area contributed by atoms with Crippen LogP contribution in [0.15, 0.2) is 47.8 Å². The first-order valence-electron chi connectivity index (χ1n) is 9.58. The standard InChI is InChI=1S/C23H26N2O3S/c1-16-25-20(15-29-16)19-8-4-17(5-9-19)12-13-24-23(26)11-7-18-6-10-21(27-2)22(14-18)28-3/h4-6,8-10,14-15H,7,11-13H2,1-3H3,(H,24,26). The number of aryl methyl sites for hydroxylation is 2. The van der Waals surface area contributed by atoms with Crippen LogP contribution in [0.1, 0.15) is 22.6 Å². The second kappa shape index (κ2) is 10.1. The number of carbonyl (C=O) groups is 1. The number of rotatable bonds is 9. The number of amides is 1. The molecule has 0 aliphatic rings. The summed E-state index contributed by atoms with van der Waals surface area (Å²) in [6, 6.07) is 14.1. The lowest BCUT2D eigenvalue weighted by atomic mass is 10.1. The molecule has 0 fully saturated rings. The van der Waals surface area contributed by atoms with E-state index in [-0.39, 0.29) is 5.91 Å². The average molecular weight is 411 g/mol. The van der Waals surface area contributed by atoms with Crippen molar-refractivity contribution < 1.29 is 14.3 Å². The SMILES string of the molecule is COc1ccc(CCC(=O)NCCc2ccc(-c3csc(C)n3)cc2)cc1OC. The Morgan fingerprint density at radius 3 is 2.38 bits per heavy atom. The maximum Gasteiger partial charge on any atom is 0.220 e. The van der Waals surface area contributed by atoms with Gasteiger partial charge < -0.3 is 14.8 Å². The molecule has 0 atom stereocenters. The largest absolute Gasteiger partial charge is 0.493 e. The Kier molecular flexibility index (Phi) is 7.25. The first-order chi connectivity index (χ1) is 14.1. The van der Waals surface area contributed by atoms with Gasteiger partial charge in [0.05, 0.1) is 24.9 Å². The van der Waals surface area contributed by atoms with E-state index >= 15 is 0 Å². The normalized spacial score (nSPS) is 10.6. The second-order valence-electron chi connectivity index (χ2n) is 6.74. The van der Waals surface area contributed by atoms with Gasteiger partial charge in [0.1, 0.15) is 0 Å². The summed E-state index contributed by atoms with van der Waals surface area (Å²) >= 11 is 1.66. The summed E-state index contributed by atoms with van der Waals surface area (Å²) in [5, 5.41) is 6.14. The number of ether oxygens (including phenoxy) is 2. The van der Waals surface area contributed by atoms with Crippen molar-refractivity contribution in [1.29, 1.82) is 0 Å². The van der Waals surface area contributed by atoms with Crippen LogP contribution in [0.25, 0.3) is 11.3 Å². The fraction of sp³-hybridized carbons (Fsp3) is 0.304. The van der Waals surface area contributed by atoms with Crippen LogP contribution in [0.2, 0.25) is 0 Å². The number of methoxy groups -OCH3 is 2. The highest BCUT2D eigenvalue weighted by molar-refractivity contribution is 7.09. The minimum Gasteiger partial charge on any atom is -0.493 e. The summed E-state index contributed by atoms with van der Waals surface area (Å²) in [7, 11) is 3.22.